The van der Waals surface area contributed by atoms with Crippen LogP contribution in [0.5, 0.6) is 0 Å². The van der Waals surface area contributed by atoms with E-state index in [2.05, 4.69) is 4.98 Å². The Morgan fingerprint density at radius 2 is 2.27 bits per heavy atom. The van der Waals surface area contributed by atoms with Crippen LogP contribution in [0.3, 0.4) is 0 Å². The molecule has 0 unspecified atom stereocenters. The first kappa shape index (κ1) is 10.3. The molecule has 1 aromatic heterocycles. The molecular weight excluding hydrogens is 200 g/mol. The first-order valence-electron chi connectivity index (χ1n) is 4.98. The van der Waals surface area contributed by atoms with Crippen LogP contribution in [0.15, 0.2) is 12.3 Å². The van der Waals surface area contributed by atoms with Gasteiger partial charge in [-0.15, -0.1) is 0 Å². The summed E-state index contributed by atoms with van der Waals surface area (Å²) < 4.78 is 26.0. The molecule has 0 amide bonds. The van der Waals surface area contributed by atoms with Crippen LogP contribution < -0.4 is 10.6 Å². The first-order chi connectivity index (χ1) is 7.16. The van der Waals surface area contributed by atoms with Crippen molar-refractivity contribution in [2.45, 2.75) is 18.9 Å². The van der Waals surface area contributed by atoms with Crippen molar-refractivity contribution in [1.82, 2.24) is 4.98 Å². The van der Waals surface area contributed by atoms with Crippen molar-refractivity contribution >= 4 is 5.82 Å². The van der Waals surface area contributed by atoms with E-state index in [4.69, 9.17) is 5.73 Å². The van der Waals surface area contributed by atoms with Gasteiger partial charge in [-0.25, -0.2) is 13.8 Å². The highest BCUT2D eigenvalue weighted by Gasteiger charge is 2.20. The lowest BCUT2D eigenvalue weighted by atomic mass is 10.1. The molecule has 5 heteroatoms. The number of nitrogens with two attached hydrogens (primary N) is 1. The van der Waals surface area contributed by atoms with Gasteiger partial charge < -0.3 is 10.6 Å². The van der Waals surface area contributed by atoms with E-state index in [1.165, 1.54) is 0 Å². The maximum absolute atomic E-state index is 13.4. The van der Waals surface area contributed by atoms with Gasteiger partial charge in [0.25, 0.3) is 0 Å². The van der Waals surface area contributed by atoms with E-state index >= 15 is 0 Å². The van der Waals surface area contributed by atoms with Gasteiger partial charge in [-0.3, -0.25) is 0 Å². The summed E-state index contributed by atoms with van der Waals surface area (Å²) >= 11 is 0. The van der Waals surface area contributed by atoms with E-state index in [0.717, 1.165) is 31.6 Å². The molecule has 2 N–H and O–H groups in total. The van der Waals surface area contributed by atoms with E-state index in [1.54, 1.807) is 4.90 Å². The van der Waals surface area contributed by atoms with Gasteiger partial charge >= 0.3 is 0 Å². The van der Waals surface area contributed by atoms with Gasteiger partial charge in [0, 0.05) is 25.2 Å². The summed E-state index contributed by atoms with van der Waals surface area (Å²) in [5, 5.41) is 0. The second-order valence-electron chi connectivity index (χ2n) is 3.81. The van der Waals surface area contributed by atoms with Crippen LogP contribution in [0.2, 0.25) is 0 Å². The molecule has 0 aromatic carbocycles. The summed E-state index contributed by atoms with van der Waals surface area (Å²) in [4.78, 5) is 5.52. The maximum Gasteiger partial charge on any atom is 0.168 e. The van der Waals surface area contributed by atoms with Gasteiger partial charge in [0.1, 0.15) is 5.82 Å². The smallest absolute Gasteiger partial charge is 0.168 e. The van der Waals surface area contributed by atoms with Crippen molar-refractivity contribution in [3.8, 4) is 0 Å². The average Bonchev–Trinajstić information content (AvgIpc) is 2.17. The molecule has 2 heterocycles. The zero-order chi connectivity index (χ0) is 10.8. The van der Waals surface area contributed by atoms with Crippen molar-refractivity contribution in [3.63, 3.8) is 0 Å². The van der Waals surface area contributed by atoms with E-state index in [9.17, 15) is 8.78 Å². The number of aromatic nitrogens is 1. The number of rotatable bonds is 1. The Hall–Kier alpha value is -1.23. The molecule has 1 atom stereocenters. The van der Waals surface area contributed by atoms with Gasteiger partial charge in [-0.1, -0.05) is 0 Å². The Bertz CT molecular complexity index is 357. The molecule has 1 aromatic rings. The van der Waals surface area contributed by atoms with Gasteiger partial charge in [-0.2, -0.15) is 0 Å². The van der Waals surface area contributed by atoms with Gasteiger partial charge in [0.05, 0.1) is 6.20 Å². The Balaban J connectivity index is 2.21. The largest absolute Gasteiger partial charge is 0.353 e. The minimum Gasteiger partial charge on any atom is -0.353 e. The summed E-state index contributed by atoms with van der Waals surface area (Å²) in [5.41, 5.74) is 5.78. The third-order valence-corrected chi connectivity index (χ3v) is 2.55. The summed E-state index contributed by atoms with van der Waals surface area (Å²) in [6.07, 6.45) is 2.89. The number of hydrogen-bond acceptors (Lipinski definition) is 3. The lowest BCUT2D eigenvalue weighted by Crippen LogP contribution is -2.43. The zero-order valence-corrected chi connectivity index (χ0v) is 8.29. The van der Waals surface area contributed by atoms with Gasteiger partial charge in [0.15, 0.2) is 11.6 Å². The maximum atomic E-state index is 13.4. The van der Waals surface area contributed by atoms with Crippen molar-refractivity contribution in [1.29, 1.82) is 0 Å². The topological polar surface area (TPSA) is 42.1 Å². The van der Waals surface area contributed by atoms with E-state index in [0.29, 0.717) is 6.54 Å². The van der Waals surface area contributed by atoms with Crippen LogP contribution >= 0.6 is 0 Å². The molecule has 0 spiro atoms. The quantitative estimate of drug-likeness (QED) is 0.764. The SMILES string of the molecule is N[C@@H]1CCCN(c2ncc(F)cc2F)C1. The lowest BCUT2D eigenvalue weighted by Gasteiger charge is -2.31. The number of piperidine rings is 1. The van der Waals surface area contributed by atoms with E-state index < -0.39 is 11.6 Å². The summed E-state index contributed by atoms with van der Waals surface area (Å²) in [6, 6.07) is 0.896. The van der Waals surface area contributed by atoms with Crippen molar-refractivity contribution in [2.24, 2.45) is 5.73 Å². The number of pyridine rings is 1. The third-order valence-electron chi connectivity index (χ3n) is 2.55. The summed E-state index contributed by atoms with van der Waals surface area (Å²) in [7, 11) is 0. The molecule has 0 aliphatic carbocycles. The fraction of sp³-hybridized carbons (Fsp3) is 0.500. The van der Waals surface area contributed by atoms with Gasteiger partial charge in [0.2, 0.25) is 0 Å². The molecular formula is C10H13F2N3. The number of nitrogens with zero attached hydrogens (tertiary/aromatic N) is 2. The predicted molar refractivity (Wildman–Crippen MR) is 53.6 cm³/mol. The van der Waals surface area contributed by atoms with Crippen molar-refractivity contribution in [2.75, 3.05) is 18.0 Å². The van der Waals surface area contributed by atoms with E-state index in [-0.39, 0.29) is 11.9 Å². The predicted octanol–water partition coefficient (Wildman–Crippen LogP) is 1.29. The third kappa shape index (κ3) is 2.23. The first-order valence-corrected chi connectivity index (χ1v) is 4.98. The molecule has 0 radical (unpaired) electrons. The Labute approximate surface area is 86.9 Å². The van der Waals surface area contributed by atoms with E-state index in [1.807, 2.05) is 0 Å². The molecule has 1 fully saturated rings. The van der Waals surface area contributed by atoms with Crippen LogP contribution in [-0.4, -0.2) is 24.1 Å². The minimum atomic E-state index is -0.655. The normalized spacial score (nSPS) is 21.8. The summed E-state index contributed by atoms with van der Waals surface area (Å²) in [5.74, 6) is -1.08. The molecule has 1 aliphatic rings. The molecule has 15 heavy (non-hydrogen) atoms. The summed E-state index contributed by atoms with van der Waals surface area (Å²) in [6.45, 7) is 1.30. The van der Waals surface area contributed by atoms with Crippen LogP contribution in [0.1, 0.15) is 12.8 Å². The van der Waals surface area contributed by atoms with Crippen LogP contribution in [0, 0.1) is 11.6 Å². The second kappa shape index (κ2) is 4.10. The minimum absolute atomic E-state index is 0.0463. The number of halogens is 2. The Morgan fingerprint density at radius 1 is 1.47 bits per heavy atom. The highest BCUT2D eigenvalue weighted by Crippen LogP contribution is 2.20. The van der Waals surface area contributed by atoms with Crippen molar-refractivity contribution in [3.05, 3.63) is 23.9 Å². The Morgan fingerprint density at radius 3 is 2.93 bits per heavy atom. The monoisotopic (exact) mass is 213 g/mol. The fourth-order valence-corrected chi connectivity index (χ4v) is 1.84. The van der Waals surface area contributed by atoms with Crippen LogP contribution in [0.4, 0.5) is 14.6 Å². The van der Waals surface area contributed by atoms with Crippen LogP contribution in [-0.2, 0) is 0 Å². The van der Waals surface area contributed by atoms with Crippen LogP contribution in [0.25, 0.3) is 0 Å². The molecule has 0 bridgehead atoms. The molecule has 1 saturated heterocycles. The number of anilines is 1. The second-order valence-corrected chi connectivity index (χ2v) is 3.81. The standard InChI is InChI=1S/C10H13F2N3/c11-7-4-9(12)10(14-5-7)15-3-1-2-8(13)6-15/h4-5,8H,1-3,6,13H2/t8-/m1/s1. The molecule has 1 aliphatic heterocycles. The zero-order valence-electron chi connectivity index (χ0n) is 8.29. The highest BCUT2D eigenvalue weighted by molar-refractivity contribution is 5.40. The lowest BCUT2D eigenvalue weighted by molar-refractivity contribution is 0.490. The Kier molecular flexibility index (Phi) is 2.81. The molecule has 0 saturated carbocycles. The van der Waals surface area contributed by atoms with Gasteiger partial charge in [-0.05, 0) is 12.8 Å². The highest BCUT2D eigenvalue weighted by atomic mass is 19.1. The average molecular weight is 213 g/mol. The molecule has 3 nitrogen and oxygen atoms in total. The van der Waals surface area contributed by atoms with Crippen molar-refractivity contribution < 1.29 is 8.78 Å². The number of hydrogen-bond donors (Lipinski definition) is 1. The molecule has 2 rings (SSSR count). The fourth-order valence-electron chi connectivity index (χ4n) is 1.84. The molecule has 82 valence electrons.